The van der Waals surface area contributed by atoms with E-state index in [0.29, 0.717) is 0 Å². The van der Waals surface area contributed by atoms with Crippen LogP contribution in [-0.4, -0.2) is 5.33 Å². The van der Waals surface area contributed by atoms with Crippen LogP contribution in [0.5, 0.6) is 0 Å². The van der Waals surface area contributed by atoms with E-state index in [-0.39, 0.29) is 0 Å². The van der Waals surface area contributed by atoms with Crippen molar-refractivity contribution in [2.45, 2.75) is 77.6 Å². The van der Waals surface area contributed by atoms with Gasteiger partial charge in [0.25, 0.3) is 0 Å². The van der Waals surface area contributed by atoms with Crippen molar-refractivity contribution < 1.29 is 0 Å². The highest BCUT2D eigenvalue weighted by molar-refractivity contribution is 9.09. The van der Waals surface area contributed by atoms with E-state index in [1.807, 2.05) is 0 Å². The number of halogens is 1. The van der Waals surface area contributed by atoms with E-state index in [4.69, 9.17) is 0 Å². The molecule has 0 heterocycles. The Balaban J connectivity index is 2.95. The summed E-state index contributed by atoms with van der Waals surface area (Å²) in [7, 11) is 0. The van der Waals surface area contributed by atoms with Gasteiger partial charge in [0.15, 0.2) is 0 Å². The molecule has 0 spiro atoms. The Morgan fingerprint density at radius 1 is 0.688 bits per heavy atom. The van der Waals surface area contributed by atoms with Crippen LogP contribution in [0.25, 0.3) is 0 Å². The highest BCUT2D eigenvalue weighted by Gasteiger charge is 1.90. The summed E-state index contributed by atoms with van der Waals surface area (Å²) in [6.45, 7) is 2.28. The lowest BCUT2D eigenvalue weighted by atomic mass is 10.1. The summed E-state index contributed by atoms with van der Waals surface area (Å²) in [4.78, 5) is 0. The molecule has 0 saturated heterocycles. The van der Waals surface area contributed by atoms with Crippen molar-refractivity contribution in [1.82, 2.24) is 0 Å². The number of unbranched alkanes of at least 4 members (excludes halogenated alkanes) is 9. The van der Waals surface area contributed by atoms with Crippen molar-refractivity contribution >= 4 is 15.9 Å². The second-order valence-corrected chi connectivity index (χ2v) is 5.36. The highest BCUT2D eigenvalue weighted by atomic mass is 79.9. The molecule has 0 aromatic carbocycles. The maximum absolute atomic E-state index is 3.44. The molecule has 96 valence electrons. The molecule has 0 radical (unpaired) electrons. The number of hydrogen-bond acceptors (Lipinski definition) is 0. The van der Waals surface area contributed by atoms with E-state index in [1.165, 1.54) is 70.6 Å². The van der Waals surface area contributed by atoms with Gasteiger partial charge in [0.05, 0.1) is 0 Å². The largest absolute Gasteiger partial charge is 0.0928 e. The van der Waals surface area contributed by atoms with Crippen molar-refractivity contribution in [3.63, 3.8) is 0 Å². The third-order valence-corrected chi connectivity index (χ3v) is 3.46. The van der Waals surface area contributed by atoms with Gasteiger partial charge in [0.2, 0.25) is 0 Å². The van der Waals surface area contributed by atoms with Gasteiger partial charge in [-0.15, -0.1) is 0 Å². The minimum atomic E-state index is 1.13. The third kappa shape index (κ3) is 14.2. The third-order valence-electron chi connectivity index (χ3n) is 2.90. The Labute approximate surface area is 111 Å². The Morgan fingerprint density at radius 3 is 1.75 bits per heavy atom. The number of hydrogen-bond donors (Lipinski definition) is 0. The van der Waals surface area contributed by atoms with Gasteiger partial charge in [-0.1, -0.05) is 80.0 Å². The monoisotopic (exact) mass is 288 g/mol. The molecule has 0 aliphatic carbocycles. The van der Waals surface area contributed by atoms with E-state index in [2.05, 4.69) is 35.0 Å². The molecule has 0 bridgehead atoms. The predicted molar refractivity (Wildman–Crippen MR) is 79.4 cm³/mol. The van der Waals surface area contributed by atoms with Crippen LogP contribution in [-0.2, 0) is 0 Å². The van der Waals surface area contributed by atoms with Crippen LogP contribution in [0.15, 0.2) is 12.2 Å². The summed E-state index contributed by atoms with van der Waals surface area (Å²) in [5.74, 6) is 0. The fourth-order valence-corrected chi connectivity index (χ4v) is 2.15. The molecule has 16 heavy (non-hydrogen) atoms. The molecular weight excluding hydrogens is 260 g/mol. The maximum atomic E-state index is 3.44. The zero-order chi connectivity index (χ0) is 11.9. The zero-order valence-corrected chi connectivity index (χ0v) is 12.6. The standard InChI is InChI=1S/C15H29Br/c1-2-3-4-5-6-7-8-9-10-11-12-13-14-15-16/h11-12H,2-10,13-15H2,1H3/b12-11-. The van der Waals surface area contributed by atoms with Crippen LogP contribution in [0, 0.1) is 0 Å². The van der Waals surface area contributed by atoms with Gasteiger partial charge < -0.3 is 0 Å². The van der Waals surface area contributed by atoms with Crippen LogP contribution in [0.4, 0.5) is 0 Å². The molecule has 0 N–H and O–H groups in total. The highest BCUT2D eigenvalue weighted by Crippen LogP contribution is 2.09. The van der Waals surface area contributed by atoms with E-state index < -0.39 is 0 Å². The van der Waals surface area contributed by atoms with Crippen molar-refractivity contribution in [3.05, 3.63) is 12.2 Å². The van der Waals surface area contributed by atoms with Crippen LogP contribution in [0.3, 0.4) is 0 Å². The Bertz CT molecular complexity index is 140. The normalized spacial score (nSPS) is 11.4. The SMILES string of the molecule is CCCCCCCCCC/C=C\CCCBr. The fourth-order valence-electron chi connectivity index (χ4n) is 1.83. The molecule has 0 atom stereocenters. The molecule has 0 aromatic rings. The van der Waals surface area contributed by atoms with Gasteiger partial charge in [-0.3, -0.25) is 0 Å². The van der Waals surface area contributed by atoms with Crippen LogP contribution in [0.2, 0.25) is 0 Å². The second-order valence-electron chi connectivity index (χ2n) is 4.57. The summed E-state index contributed by atoms with van der Waals surface area (Å²) in [6.07, 6.45) is 19.9. The van der Waals surface area contributed by atoms with Crippen LogP contribution < -0.4 is 0 Å². The Morgan fingerprint density at radius 2 is 1.19 bits per heavy atom. The van der Waals surface area contributed by atoms with Gasteiger partial charge >= 0.3 is 0 Å². The smallest absolute Gasteiger partial charge is 0.00342 e. The minimum Gasteiger partial charge on any atom is -0.0928 e. The first-order valence-corrected chi connectivity index (χ1v) is 8.25. The van der Waals surface area contributed by atoms with E-state index in [9.17, 15) is 0 Å². The molecule has 0 aromatic heterocycles. The molecule has 0 aliphatic rings. The Kier molecular flexibility index (Phi) is 15.4. The quantitative estimate of drug-likeness (QED) is 0.226. The van der Waals surface area contributed by atoms with Gasteiger partial charge in [0, 0.05) is 5.33 Å². The van der Waals surface area contributed by atoms with Crippen LogP contribution in [0.1, 0.15) is 77.6 Å². The van der Waals surface area contributed by atoms with Gasteiger partial charge in [-0.05, 0) is 25.7 Å². The Hall–Kier alpha value is 0.220. The first kappa shape index (κ1) is 16.2. The minimum absolute atomic E-state index is 1.13. The first-order chi connectivity index (χ1) is 7.91. The van der Waals surface area contributed by atoms with Gasteiger partial charge in [0.1, 0.15) is 0 Å². The zero-order valence-electron chi connectivity index (χ0n) is 11.0. The molecule has 1 heteroatoms. The molecule has 0 aliphatic heterocycles. The van der Waals surface area contributed by atoms with Crippen molar-refractivity contribution in [2.75, 3.05) is 5.33 Å². The summed E-state index contributed by atoms with van der Waals surface area (Å²) >= 11 is 3.44. The summed E-state index contributed by atoms with van der Waals surface area (Å²) in [6, 6.07) is 0. The number of rotatable bonds is 12. The lowest BCUT2D eigenvalue weighted by Crippen LogP contribution is -1.80. The summed E-state index contributed by atoms with van der Waals surface area (Å²) in [5.41, 5.74) is 0. The molecule has 0 unspecified atom stereocenters. The van der Waals surface area contributed by atoms with Crippen molar-refractivity contribution in [2.24, 2.45) is 0 Å². The van der Waals surface area contributed by atoms with Crippen molar-refractivity contribution in [1.29, 1.82) is 0 Å². The lowest BCUT2D eigenvalue weighted by molar-refractivity contribution is 0.577. The average Bonchev–Trinajstić information content (AvgIpc) is 2.31. The number of alkyl halides is 1. The molecule has 0 saturated carbocycles. The van der Waals surface area contributed by atoms with E-state index in [1.54, 1.807) is 0 Å². The topological polar surface area (TPSA) is 0 Å². The van der Waals surface area contributed by atoms with E-state index in [0.717, 1.165) is 5.33 Å². The lowest BCUT2D eigenvalue weighted by Gasteiger charge is -1.99. The number of allylic oxidation sites excluding steroid dienone is 2. The second kappa shape index (κ2) is 15.2. The average molecular weight is 289 g/mol. The summed E-state index contributed by atoms with van der Waals surface area (Å²) < 4.78 is 0. The first-order valence-electron chi connectivity index (χ1n) is 7.12. The fraction of sp³-hybridized carbons (Fsp3) is 0.867. The maximum Gasteiger partial charge on any atom is 0.00342 e. The predicted octanol–water partition coefficient (Wildman–Crippen LogP) is 6.25. The van der Waals surface area contributed by atoms with Gasteiger partial charge in [-0.25, -0.2) is 0 Å². The molecule has 0 nitrogen and oxygen atoms in total. The van der Waals surface area contributed by atoms with E-state index >= 15 is 0 Å². The molecule has 0 fully saturated rings. The summed E-state index contributed by atoms with van der Waals surface area (Å²) in [5, 5.41) is 1.13. The molecule has 0 amide bonds. The van der Waals surface area contributed by atoms with Gasteiger partial charge in [-0.2, -0.15) is 0 Å². The molecular formula is C15H29Br. The van der Waals surface area contributed by atoms with Crippen molar-refractivity contribution in [3.8, 4) is 0 Å². The van der Waals surface area contributed by atoms with Crippen LogP contribution >= 0.6 is 15.9 Å². The molecule has 0 rings (SSSR count).